The molecule has 2 amide bonds. The molecule has 166 valence electrons. The maximum atomic E-state index is 12.7. The first-order valence-corrected chi connectivity index (χ1v) is 10.1. The van der Waals surface area contributed by atoms with Crippen molar-refractivity contribution in [2.75, 3.05) is 35.2 Å². The van der Waals surface area contributed by atoms with Gasteiger partial charge < -0.3 is 15.4 Å². The maximum absolute atomic E-state index is 12.7. The molecule has 0 aliphatic carbocycles. The smallest absolute Gasteiger partial charge is 0.419 e. The first kappa shape index (κ1) is 22.6. The summed E-state index contributed by atoms with van der Waals surface area (Å²) in [5.74, 6) is 0.697. The lowest BCUT2D eigenvalue weighted by Crippen LogP contribution is -2.51. The van der Waals surface area contributed by atoms with E-state index in [-0.39, 0.29) is 31.0 Å². The van der Waals surface area contributed by atoms with Gasteiger partial charge in [-0.25, -0.2) is 19.7 Å². The zero-order valence-corrected chi connectivity index (χ0v) is 17.2. The fourth-order valence-electron chi connectivity index (χ4n) is 2.80. The van der Waals surface area contributed by atoms with E-state index in [2.05, 4.69) is 15.0 Å². The Kier molecular flexibility index (Phi) is 6.83. The molecule has 0 spiro atoms. The third-order valence-corrected chi connectivity index (χ3v) is 5.49. The molecule has 0 aromatic carbocycles. The summed E-state index contributed by atoms with van der Waals surface area (Å²) >= 11 is 1.42. The van der Waals surface area contributed by atoms with Crippen LogP contribution < -0.4 is 15.5 Å². The van der Waals surface area contributed by atoms with Crippen molar-refractivity contribution >= 4 is 35.5 Å². The third kappa shape index (κ3) is 5.96. The molecule has 2 aromatic heterocycles. The summed E-state index contributed by atoms with van der Waals surface area (Å²) in [5, 5.41) is 0. The Balaban J connectivity index is 1.62. The molecule has 0 saturated carbocycles. The van der Waals surface area contributed by atoms with E-state index in [4.69, 9.17) is 10.5 Å². The fourth-order valence-corrected chi connectivity index (χ4v) is 3.64. The Hall–Kier alpha value is -3.09. The number of anilines is 2. The average Bonchev–Trinajstić information content (AvgIpc) is 2.71. The summed E-state index contributed by atoms with van der Waals surface area (Å²) in [6, 6.07) is 3.51. The lowest BCUT2D eigenvalue weighted by molar-refractivity contribution is -0.138. The molecule has 1 fully saturated rings. The summed E-state index contributed by atoms with van der Waals surface area (Å²) in [6.07, 6.45) is -2.78. The van der Waals surface area contributed by atoms with Crippen molar-refractivity contribution in [3.8, 4) is 0 Å². The number of carbonyl (C=O) groups is 2. The number of piperazine rings is 1. The summed E-state index contributed by atoms with van der Waals surface area (Å²) in [5.41, 5.74) is 4.04. The lowest BCUT2D eigenvalue weighted by atomic mass is 10.3. The first-order valence-electron chi connectivity index (χ1n) is 9.13. The van der Waals surface area contributed by atoms with Gasteiger partial charge in [0.15, 0.2) is 0 Å². The van der Waals surface area contributed by atoms with Crippen molar-refractivity contribution in [3.63, 3.8) is 0 Å². The number of aromatic nitrogens is 3. The van der Waals surface area contributed by atoms with Gasteiger partial charge in [-0.15, -0.1) is 11.8 Å². The van der Waals surface area contributed by atoms with Crippen LogP contribution in [0.5, 0.6) is 0 Å². The average molecular weight is 456 g/mol. The zero-order chi connectivity index (χ0) is 22.6. The Morgan fingerprint density at radius 3 is 2.61 bits per heavy atom. The van der Waals surface area contributed by atoms with Crippen molar-refractivity contribution in [2.24, 2.45) is 5.73 Å². The van der Waals surface area contributed by atoms with Crippen LogP contribution in [0.15, 0.2) is 35.6 Å². The molecule has 1 saturated heterocycles. The number of nitrogens with zero attached hydrogens (tertiary/aromatic N) is 5. The van der Waals surface area contributed by atoms with Crippen LogP contribution in [0.4, 0.5) is 29.7 Å². The molecule has 3 rings (SSSR count). The van der Waals surface area contributed by atoms with Gasteiger partial charge in [-0.1, -0.05) is 0 Å². The number of ether oxygens (including phenoxy) is 1. The van der Waals surface area contributed by atoms with Crippen LogP contribution >= 0.6 is 11.8 Å². The Morgan fingerprint density at radius 2 is 2.00 bits per heavy atom. The molecule has 3 heterocycles. The summed E-state index contributed by atoms with van der Waals surface area (Å²) < 4.78 is 42.9. The minimum Gasteiger partial charge on any atom is -0.446 e. The van der Waals surface area contributed by atoms with E-state index in [1.165, 1.54) is 21.6 Å². The van der Waals surface area contributed by atoms with Crippen LogP contribution in [0.1, 0.15) is 12.5 Å². The highest BCUT2D eigenvalue weighted by atomic mass is 32.2. The summed E-state index contributed by atoms with van der Waals surface area (Å²) in [7, 11) is 0. The number of nitrogens with two attached hydrogens (primary N) is 1. The van der Waals surface area contributed by atoms with Crippen molar-refractivity contribution in [1.82, 2.24) is 15.0 Å². The SMILES string of the molecule is CC(CSc1ccnc(N2CCN(c3ncc(C(F)(F)F)cn3)CC2=O)c1)OC(N)=O. The fraction of sp³-hybridized carbons (Fsp3) is 0.389. The minimum atomic E-state index is -4.52. The predicted octanol–water partition coefficient (Wildman–Crippen LogP) is 2.32. The van der Waals surface area contributed by atoms with E-state index in [1.54, 1.807) is 25.3 Å². The van der Waals surface area contributed by atoms with Crippen LogP contribution in [0.25, 0.3) is 0 Å². The number of amides is 2. The summed E-state index contributed by atoms with van der Waals surface area (Å²) in [4.78, 5) is 39.0. The second-order valence-corrected chi connectivity index (χ2v) is 7.74. The van der Waals surface area contributed by atoms with E-state index in [1.807, 2.05) is 0 Å². The van der Waals surface area contributed by atoms with Gasteiger partial charge in [-0.2, -0.15) is 13.2 Å². The van der Waals surface area contributed by atoms with Crippen LogP contribution in [-0.4, -0.2) is 58.4 Å². The van der Waals surface area contributed by atoms with Gasteiger partial charge in [0.25, 0.3) is 0 Å². The van der Waals surface area contributed by atoms with Gasteiger partial charge in [0, 0.05) is 42.3 Å². The third-order valence-electron chi connectivity index (χ3n) is 4.26. The predicted molar refractivity (Wildman–Crippen MR) is 107 cm³/mol. The highest BCUT2D eigenvalue weighted by Crippen LogP contribution is 2.29. The minimum absolute atomic E-state index is 0.0571. The largest absolute Gasteiger partial charge is 0.446 e. The van der Waals surface area contributed by atoms with E-state index >= 15 is 0 Å². The number of alkyl halides is 3. The number of thioether (sulfide) groups is 1. The molecule has 9 nitrogen and oxygen atoms in total. The van der Waals surface area contributed by atoms with E-state index in [0.717, 1.165) is 4.90 Å². The van der Waals surface area contributed by atoms with Crippen LogP contribution in [0.2, 0.25) is 0 Å². The Labute approximate surface area is 179 Å². The number of rotatable bonds is 6. The number of halogens is 3. The maximum Gasteiger partial charge on any atom is 0.419 e. The van der Waals surface area contributed by atoms with E-state index in [0.29, 0.717) is 30.5 Å². The second kappa shape index (κ2) is 9.37. The Bertz CT molecular complexity index is 944. The molecule has 1 atom stereocenters. The number of pyridine rings is 1. The van der Waals surface area contributed by atoms with Gasteiger partial charge in [-0.3, -0.25) is 9.69 Å². The normalized spacial score (nSPS) is 15.7. The van der Waals surface area contributed by atoms with Crippen LogP contribution in [-0.2, 0) is 15.7 Å². The molecule has 1 aliphatic heterocycles. The van der Waals surface area contributed by atoms with Gasteiger partial charge in [0.1, 0.15) is 18.5 Å². The monoisotopic (exact) mass is 456 g/mol. The molecule has 1 aliphatic rings. The molecule has 0 radical (unpaired) electrons. The first-order chi connectivity index (χ1) is 14.6. The molecular weight excluding hydrogens is 437 g/mol. The zero-order valence-electron chi connectivity index (χ0n) is 16.4. The Morgan fingerprint density at radius 1 is 1.29 bits per heavy atom. The lowest BCUT2D eigenvalue weighted by Gasteiger charge is -2.33. The highest BCUT2D eigenvalue weighted by Gasteiger charge is 2.32. The molecular formula is C18H19F3N6O3S. The topological polar surface area (TPSA) is 115 Å². The molecule has 0 bridgehead atoms. The number of primary amides is 1. The van der Waals surface area contributed by atoms with Crippen molar-refractivity contribution < 1.29 is 27.5 Å². The standard InChI is InChI=1S/C18H19F3N6O3S/c1-11(30-16(22)29)10-31-13-2-3-23-14(6-13)27-5-4-26(9-15(27)28)17-24-7-12(8-25-17)18(19,20)21/h2-3,6-8,11H,4-5,9-10H2,1H3,(H2,22,29). The quantitative estimate of drug-likeness (QED) is 0.659. The van der Waals surface area contributed by atoms with Crippen molar-refractivity contribution in [2.45, 2.75) is 24.1 Å². The molecule has 2 aromatic rings. The van der Waals surface area contributed by atoms with E-state index in [9.17, 15) is 22.8 Å². The number of carbonyl (C=O) groups excluding carboxylic acids is 2. The molecule has 31 heavy (non-hydrogen) atoms. The second-order valence-electron chi connectivity index (χ2n) is 6.64. The van der Waals surface area contributed by atoms with Crippen molar-refractivity contribution in [3.05, 3.63) is 36.3 Å². The molecule has 13 heteroatoms. The van der Waals surface area contributed by atoms with E-state index < -0.39 is 17.8 Å². The molecule has 2 N–H and O–H groups in total. The van der Waals surface area contributed by atoms with Gasteiger partial charge in [0.05, 0.1) is 5.56 Å². The number of hydrogen-bond donors (Lipinski definition) is 1. The van der Waals surface area contributed by atoms with Gasteiger partial charge in [-0.05, 0) is 19.1 Å². The van der Waals surface area contributed by atoms with Gasteiger partial charge >= 0.3 is 12.3 Å². The van der Waals surface area contributed by atoms with Crippen LogP contribution in [0.3, 0.4) is 0 Å². The van der Waals surface area contributed by atoms with Crippen LogP contribution in [0, 0.1) is 0 Å². The van der Waals surface area contributed by atoms with Crippen molar-refractivity contribution in [1.29, 1.82) is 0 Å². The number of hydrogen-bond acceptors (Lipinski definition) is 8. The highest BCUT2D eigenvalue weighted by molar-refractivity contribution is 7.99. The summed E-state index contributed by atoms with van der Waals surface area (Å²) in [6.45, 7) is 2.23. The van der Waals surface area contributed by atoms with Gasteiger partial charge in [0.2, 0.25) is 11.9 Å². The molecule has 1 unspecified atom stereocenters.